The number of piperazine rings is 1. The maximum absolute atomic E-state index is 13.1. The van der Waals surface area contributed by atoms with Crippen molar-refractivity contribution in [2.75, 3.05) is 31.1 Å². The van der Waals surface area contributed by atoms with E-state index in [1.165, 1.54) is 18.2 Å². The van der Waals surface area contributed by atoms with Crippen molar-refractivity contribution >= 4 is 29.3 Å². The zero-order valence-corrected chi connectivity index (χ0v) is 14.3. The van der Waals surface area contributed by atoms with Crippen molar-refractivity contribution in [1.29, 1.82) is 0 Å². The van der Waals surface area contributed by atoms with Gasteiger partial charge in [0.15, 0.2) is 0 Å². The molecule has 1 N–H and O–H groups in total. The number of rotatable bonds is 3. The van der Waals surface area contributed by atoms with Crippen LogP contribution < -0.4 is 4.90 Å². The molecule has 2 aromatic carbocycles. The monoisotopic (exact) mass is 360 g/mol. The Labute approximate surface area is 150 Å². The van der Waals surface area contributed by atoms with Gasteiger partial charge in [-0.1, -0.05) is 17.7 Å². The third-order valence-electron chi connectivity index (χ3n) is 4.17. The van der Waals surface area contributed by atoms with Crippen LogP contribution in [0.5, 0.6) is 5.75 Å². The molecule has 1 fully saturated rings. The summed E-state index contributed by atoms with van der Waals surface area (Å²) >= 11 is 5.74. The van der Waals surface area contributed by atoms with Crippen molar-refractivity contribution in [3.05, 3.63) is 64.9 Å². The molecule has 2 aromatic rings. The Morgan fingerprint density at radius 3 is 2.40 bits per heavy atom. The number of hydrogen-bond donors (Lipinski definition) is 1. The van der Waals surface area contributed by atoms with Crippen molar-refractivity contribution in [3.8, 4) is 5.75 Å². The Kier molecular flexibility index (Phi) is 5.24. The summed E-state index contributed by atoms with van der Waals surface area (Å²) in [5, 5.41) is 9.39. The minimum Gasteiger partial charge on any atom is -0.508 e. The molecule has 1 aliphatic heterocycles. The molecule has 0 saturated carbocycles. The summed E-state index contributed by atoms with van der Waals surface area (Å²) in [5.74, 6) is -0.315. The van der Waals surface area contributed by atoms with Crippen LogP contribution in [-0.2, 0) is 4.79 Å². The summed E-state index contributed by atoms with van der Waals surface area (Å²) < 4.78 is 13.1. The van der Waals surface area contributed by atoms with E-state index < -0.39 is 5.82 Å². The molecule has 0 spiro atoms. The van der Waals surface area contributed by atoms with Crippen LogP contribution in [0.3, 0.4) is 0 Å². The molecule has 0 bridgehead atoms. The summed E-state index contributed by atoms with van der Waals surface area (Å²) in [5.41, 5.74) is 1.71. The van der Waals surface area contributed by atoms with Crippen molar-refractivity contribution in [2.24, 2.45) is 0 Å². The first-order valence-corrected chi connectivity index (χ1v) is 8.37. The lowest BCUT2D eigenvalue weighted by Crippen LogP contribution is -2.48. The van der Waals surface area contributed by atoms with E-state index in [1.807, 2.05) is 12.1 Å². The van der Waals surface area contributed by atoms with E-state index in [-0.39, 0.29) is 16.7 Å². The Morgan fingerprint density at radius 2 is 1.76 bits per heavy atom. The van der Waals surface area contributed by atoms with Gasteiger partial charge in [0.05, 0.1) is 5.02 Å². The molecule has 1 aliphatic rings. The van der Waals surface area contributed by atoms with Gasteiger partial charge in [-0.15, -0.1) is 0 Å². The standard InChI is InChI=1S/C19H18ClFN2O2/c20-17-13-14(1-7-18(17)21)2-8-19(25)23-11-9-22(10-12-23)15-3-5-16(24)6-4-15/h1-8,13,24H,9-12H2. The number of halogens is 2. The largest absolute Gasteiger partial charge is 0.508 e. The van der Waals surface area contributed by atoms with Crippen molar-refractivity contribution in [3.63, 3.8) is 0 Å². The van der Waals surface area contributed by atoms with E-state index in [0.717, 1.165) is 18.8 Å². The van der Waals surface area contributed by atoms with Gasteiger partial charge in [-0.25, -0.2) is 4.39 Å². The van der Waals surface area contributed by atoms with Gasteiger partial charge >= 0.3 is 0 Å². The smallest absolute Gasteiger partial charge is 0.246 e. The third-order valence-corrected chi connectivity index (χ3v) is 4.46. The molecular weight excluding hydrogens is 343 g/mol. The highest BCUT2D eigenvalue weighted by Gasteiger charge is 2.19. The zero-order valence-electron chi connectivity index (χ0n) is 13.5. The third kappa shape index (κ3) is 4.31. The van der Waals surface area contributed by atoms with Gasteiger partial charge in [0, 0.05) is 37.9 Å². The minimum atomic E-state index is -0.476. The van der Waals surface area contributed by atoms with E-state index in [0.29, 0.717) is 18.7 Å². The Balaban J connectivity index is 1.56. The van der Waals surface area contributed by atoms with Crippen LogP contribution in [0.1, 0.15) is 5.56 Å². The second-order valence-corrected chi connectivity index (χ2v) is 6.24. The van der Waals surface area contributed by atoms with Crippen molar-refractivity contribution in [1.82, 2.24) is 4.90 Å². The first-order chi connectivity index (χ1) is 12.0. The first kappa shape index (κ1) is 17.3. The summed E-state index contributed by atoms with van der Waals surface area (Å²) in [6, 6.07) is 11.4. The summed E-state index contributed by atoms with van der Waals surface area (Å²) in [7, 11) is 0. The van der Waals surface area contributed by atoms with E-state index in [2.05, 4.69) is 4.90 Å². The van der Waals surface area contributed by atoms with E-state index in [1.54, 1.807) is 29.2 Å². The molecular formula is C19H18ClFN2O2. The van der Waals surface area contributed by atoms with Gasteiger partial charge in [0.1, 0.15) is 11.6 Å². The highest BCUT2D eigenvalue weighted by Crippen LogP contribution is 2.20. The van der Waals surface area contributed by atoms with E-state index >= 15 is 0 Å². The molecule has 1 amide bonds. The molecule has 0 aliphatic carbocycles. The topological polar surface area (TPSA) is 43.8 Å². The maximum atomic E-state index is 13.1. The van der Waals surface area contributed by atoms with Crippen LogP contribution in [-0.4, -0.2) is 42.1 Å². The fourth-order valence-corrected chi connectivity index (χ4v) is 2.93. The normalized spacial score (nSPS) is 15.0. The lowest BCUT2D eigenvalue weighted by atomic mass is 10.2. The number of phenols is 1. The fraction of sp³-hybridized carbons (Fsp3) is 0.211. The number of phenolic OH excluding ortho intramolecular Hbond substituents is 1. The van der Waals surface area contributed by atoms with Crippen molar-refractivity contribution in [2.45, 2.75) is 0 Å². The predicted molar refractivity (Wildman–Crippen MR) is 97.3 cm³/mol. The Hall–Kier alpha value is -2.53. The molecule has 6 heteroatoms. The molecule has 0 atom stereocenters. The van der Waals surface area contributed by atoms with Crippen LogP contribution >= 0.6 is 11.6 Å². The van der Waals surface area contributed by atoms with Crippen LogP contribution in [0, 0.1) is 5.82 Å². The number of carbonyl (C=O) groups excluding carboxylic acids is 1. The first-order valence-electron chi connectivity index (χ1n) is 7.99. The number of anilines is 1. The van der Waals surface area contributed by atoms with Crippen molar-refractivity contribution < 1.29 is 14.3 Å². The Bertz CT molecular complexity index is 785. The second-order valence-electron chi connectivity index (χ2n) is 5.84. The van der Waals surface area contributed by atoms with Gasteiger partial charge in [-0.2, -0.15) is 0 Å². The molecule has 0 radical (unpaired) electrons. The zero-order chi connectivity index (χ0) is 17.8. The van der Waals surface area contributed by atoms with Crippen LogP contribution in [0.25, 0.3) is 6.08 Å². The minimum absolute atomic E-state index is 0.0390. The molecule has 25 heavy (non-hydrogen) atoms. The lowest BCUT2D eigenvalue weighted by Gasteiger charge is -2.35. The Morgan fingerprint density at radius 1 is 1.08 bits per heavy atom. The molecule has 4 nitrogen and oxygen atoms in total. The summed E-state index contributed by atoms with van der Waals surface area (Å²) in [4.78, 5) is 16.2. The molecule has 1 heterocycles. The second kappa shape index (κ2) is 7.57. The lowest BCUT2D eigenvalue weighted by molar-refractivity contribution is -0.126. The quantitative estimate of drug-likeness (QED) is 0.851. The highest BCUT2D eigenvalue weighted by molar-refractivity contribution is 6.30. The molecule has 1 saturated heterocycles. The van der Waals surface area contributed by atoms with Gasteiger partial charge in [0.2, 0.25) is 5.91 Å². The number of carbonyl (C=O) groups is 1. The molecule has 0 aromatic heterocycles. The number of amides is 1. The van der Waals surface area contributed by atoms with Gasteiger partial charge < -0.3 is 14.9 Å². The molecule has 0 unspecified atom stereocenters. The van der Waals surface area contributed by atoms with Crippen LogP contribution in [0.2, 0.25) is 5.02 Å². The highest BCUT2D eigenvalue weighted by atomic mass is 35.5. The average Bonchev–Trinajstić information content (AvgIpc) is 2.63. The van der Waals surface area contributed by atoms with Gasteiger partial charge in [-0.3, -0.25) is 4.79 Å². The number of aromatic hydroxyl groups is 1. The summed E-state index contributed by atoms with van der Waals surface area (Å²) in [6.45, 7) is 2.70. The molecule has 3 rings (SSSR count). The number of nitrogens with zero attached hydrogens (tertiary/aromatic N) is 2. The van der Waals surface area contributed by atoms with Gasteiger partial charge in [-0.05, 0) is 48.0 Å². The van der Waals surface area contributed by atoms with Gasteiger partial charge in [0.25, 0.3) is 0 Å². The predicted octanol–water partition coefficient (Wildman–Crippen LogP) is 3.55. The van der Waals surface area contributed by atoms with Crippen LogP contribution in [0.15, 0.2) is 48.5 Å². The maximum Gasteiger partial charge on any atom is 0.246 e. The fourth-order valence-electron chi connectivity index (χ4n) is 2.74. The number of benzene rings is 2. The van der Waals surface area contributed by atoms with Crippen LogP contribution in [0.4, 0.5) is 10.1 Å². The average molecular weight is 361 g/mol. The van der Waals surface area contributed by atoms with E-state index in [9.17, 15) is 14.3 Å². The number of hydrogen-bond acceptors (Lipinski definition) is 3. The van der Waals surface area contributed by atoms with E-state index in [4.69, 9.17) is 11.6 Å². The SMILES string of the molecule is O=C(C=Cc1ccc(F)c(Cl)c1)N1CCN(c2ccc(O)cc2)CC1. The molecule has 130 valence electrons. The summed E-state index contributed by atoms with van der Waals surface area (Å²) in [6.07, 6.45) is 3.12.